The summed E-state index contributed by atoms with van der Waals surface area (Å²) in [5.41, 5.74) is 0.727. The van der Waals surface area contributed by atoms with E-state index in [4.69, 9.17) is 0 Å². The highest BCUT2D eigenvalue weighted by atomic mass is 16.3. The first-order valence-corrected chi connectivity index (χ1v) is 8.32. The summed E-state index contributed by atoms with van der Waals surface area (Å²) in [6.45, 7) is 4.17. The Hall–Kier alpha value is -1.15. The zero-order chi connectivity index (χ0) is 15.6. The van der Waals surface area contributed by atoms with Gasteiger partial charge in [0.2, 0.25) is 0 Å². The molecule has 0 aromatic heterocycles. The average molecular weight is 290 g/mol. The number of aliphatic hydroxyl groups is 1. The first kappa shape index (κ1) is 17.9. The normalized spacial score (nSPS) is 15.4. The summed E-state index contributed by atoms with van der Waals surface area (Å²) in [4.78, 5) is 11.5. The van der Waals surface area contributed by atoms with Crippen LogP contribution in [-0.2, 0) is 10.2 Å². The van der Waals surface area contributed by atoms with Crippen LogP contribution >= 0.6 is 0 Å². The fourth-order valence-corrected chi connectivity index (χ4v) is 2.72. The first-order valence-electron chi connectivity index (χ1n) is 8.32. The van der Waals surface area contributed by atoms with E-state index in [-0.39, 0.29) is 11.5 Å². The summed E-state index contributed by atoms with van der Waals surface area (Å²) in [7, 11) is 0. The SMILES string of the molecule is CCCCC(O)CCCCCC(C)(C=O)c1ccccc1. The maximum Gasteiger partial charge on any atom is 0.130 e. The van der Waals surface area contributed by atoms with Gasteiger partial charge in [0, 0.05) is 5.41 Å². The summed E-state index contributed by atoms with van der Waals surface area (Å²) < 4.78 is 0. The molecule has 0 fully saturated rings. The Morgan fingerprint density at radius 2 is 1.76 bits per heavy atom. The van der Waals surface area contributed by atoms with E-state index >= 15 is 0 Å². The topological polar surface area (TPSA) is 37.3 Å². The van der Waals surface area contributed by atoms with E-state index in [0.29, 0.717) is 0 Å². The lowest BCUT2D eigenvalue weighted by atomic mass is 9.79. The van der Waals surface area contributed by atoms with E-state index in [9.17, 15) is 9.90 Å². The Kier molecular flexibility index (Phi) is 8.29. The molecule has 0 saturated heterocycles. The minimum atomic E-state index is -0.373. The number of rotatable bonds is 11. The minimum absolute atomic E-state index is 0.142. The fraction of sp³-hybridized carbons (Fsp3) is 0.632. The zero-order valence-corrected chi connectivity index (χ0v) is 13.6. The van der Waals surface area contributed by atoms with Crippen LogP contribution in [0.15, 0.2) is 30.3 Å². The van der Waals surface area contributed by atoms with Crippen LogP contribution in [0.2, 0.25) is 0 Å². The smallest absolute Gasteiger partial charge is 0.130 e. The van der Waals surface area contributed by atoms with Crippen molar-refractivity contribution in [2.45, 2.75) is 76.7 Å². The van der Waals surface area contributed by atoms with E-state index in [0.717, 1.165) is 63.2 Å². The summed E-state index contributed by atoms with van der Waals surface area (Å²) in [6.07, 6.45) is 9.05. The Bertz CT molecular complexity index is 388. The molecule has 0 heterocycles. The van der Waals surface area contributed by atoms with Gasteiger partial charge in [-0.1, -0.05) is 69.4 Å². The Morgan fingerprint density at radius 1 is 1.10 bits per heavy atom. The summed E-state index contributed by atoms with van der Waals surface area (Å²) in [5.74, 6) is 0. The maximum atomic E-state index is 11.5. The van der Waals surface area contributed by atoms with Gasteiger partial charge in [-0.3, -0.25) is 0 Å². The van der Waals surface area contributed by atoms with Crippen molar-refractivity contribution in [3.63, 3.8) is 0 Å². The van der Waals surface area contributed by atoms with Gasteiger partial charge in [0.15, 0.2) is 0 Å². The van der Waals surface area contributed by atoms with Gasteiger partial charge in [0.05, 0.1) is 6.10 Å². The van der Waals surface area contributed by atoms with Crippen molar-refractivity contribution in [3.8, 4) is 0 Å². The molecule has 0 amide bonds. The predicted molar refractivity (Wildman–Crippen MR) is 88.5 cm³/mol. The second-order valence-corrected chi connectivity index (χ2v) is 6.30. The molecule has 0 bridgehead atoms. The molecule has 1 rings (SSSR count). The third kappa shape index (κ3) is 6.43. The van der Waals surface area contributed by atoms with Gasteiger partial charge >= 0.3 is 0 Å². The van der Waals surface area contributed by atoms with Gasteiger partial charge in [0.25, 0.3) is 0 Å². The van der Waals surface area contributed by atoms with Gasteiger partial charge in [-0.05, 0) is 31.7 Å². The number of hydrogen-bond acceptors (Lipinski definition) is 2. The van der Waals surface area contributed by atoms with Crippen molar-refractivity contribution in [2.75, 3.05) is 0 Å². The molecule has 0 aliphatic heterocycles. The van der Waals surface area contributed by atoms with E-state index in [1.807, 2.05) is 37.3 Å². The predicted octanol–water partition coefficient (Wildman–Crippen LogP) is 4.64. The molecule has 0 radical (unpaired) electrons. The van der Waals surface area contributed by atoms with Crippen LogP contribution in [0.3, 0.4) is 0 Å². The number of aldehydes is 1. The average Bonchev–Trinajstić information content (AvgIpc) is 2.53. The van der Waals surface area contributed by atoms with Crippen LogP contribution in [-0.4, -0.2) is 17.5 Å². The Morgan fingerprint density at radius 3 is 2.38 bits per heavy atom. The van der Waals surface area contributed by atoms with Crippen molar-refractivity contribution >= 4 is 6.29 Å². The van der Waals surface area contributed by atoms with Crippen molar-refractivity contribution in [1.29, 1.82) is 0 Å². The minimum Gasteiger partial charge on any atom is -0.393 e. The second kappa shape index (κ2) is 9.73. The van der Waals surface area contributed by atoms with E-state index in [1.165, 1.54) is 0 Å². The second-order valence-electron chi connectivity index (χ2n) is 6.30. The first-order chi connectivity index (χ1) is 10.1. The van der Waals surface area contributed by atoms with Gasteiger partial charge in [-0.15, -0.1) is 0 Å². The van der Waals surface area contributed by atoms with Crippen LogP contribution in [0.4, 0.5) is 0 Å². The molecule has 1 aromatic carbocycles. The highest BCUT2D eigenvalue weighted by Crippen LogP contribution is 2.27. The summed E-state index contributed by atoms with van der Waals surface area (Å²) >= 11 is 0. The number of aliphatic hydroxyl groups excluding tert-OH is 1. The lowest BCUT2D eigenvalue weighted by molar-refractivity contribution is -0.112. The lowest BCUT2D eigenvalue weighted by Crippen LogP contribution is -2.23. The fourth-order valence-electron chi connectivity index (χ4n) is 2.72. The molecule has 1 aromatic rings. The largest absolute Gasteiger partial charge is 0.393 e. The molecular formula is C19H30O2. The molecule has 0 aliphatic rings. The molecular weight excluding hydrogens is 260 g/mol. The van der Waals surface area contributed by atoms with E-state index in [1.54, 1.807) is 0 Å². The highest BCUT2D eigenvalue weighted by molar-refractivity contribution is 5.67. The van der Waals surface area contributed by atoms with Crippen LogP contribution < -0.4 is 0 Å². The van der Waals surface area contributed by atoms with Gasteiger partial charge < -0.3 is 9.90 Å². The number of carbonyl (C=O) groups is 1. The lowest BCUT2D eigenvalue weighted by Gasteiger charge is -2.23. The van der Waals surface area contributed by atoms with Gasteiger partial charge in [0.1, 0.15) is 6.29 Å². The number of unbranched alkanes of at least 4 members (excludes halogenated alkanes) is 3. The molecule has 2 unspecified atom stereocenters. The van der Waals surface area contributed by atoms with E-state index in [2.05, 4.69) is 6.92 Å². The Labute approximate surface area is 129 Å². The molecule has 2 atom stereocenters. The molecule has 118 valence electrons. The molecule has 0 spiro atoms. The van der Waals surface area contributed by atoms with E-state index < -0.39 is 0 Å². The molecule has 0 saturated carbocycles. The monoisotopic (exact) mass is 290 g/mol. The maximum absolute atomic E-state index is 11.5. The van der Waals surface area contributed by atoms with Gasteiger partial charge in [-0.2, -0.15) is 0 Å². The summed E-state index contributed by atoms with van der Waals surface area (Å²) in [5, 5.41) is 9.81. The molecule has 2 heteroatoms. The van der Waals surface area contributed by atoms with Crippen LogP contribution in [0.1, 0.15) is 70.8 Å². The van der Waals surface area contributed by atoms with Crippen molar-refractivity contribution in [3.05, 3.63) is 35.9 Å². The number of hydrogen-bond donors (Lipinski definition) is 1. The van der Waals surface area contributed by atoms with Crippen LogP contribution in [0, 0.1) is 0 Å². The standard InChI is InChI=1S/C19H30O2/c1-3-4-13-18(21)14-9-6-10-15-19(2,16-20)17-11-7-5-8-12-17/h5,7-8,11-12,16,18,21H,3-4,6,9-10,13-15H2,1-2H3. The zero-order valence-electron chi connectivity index (χ0n) is 13.6. The van der Waals surface area contributed by atoms with Gasteiger partial charge in [-0.25, -0.2) is 0 Å². The third-order valence-corrected chi connectivity index (χ3v) is 4.32. The number of benzene rings is 1. The molecule has 0 aliphatic carbocycles. The van der Waals surface area contributed by atoms with Crippen LogP contribution in [0.25, 0.3) is 0 Å². The van der Waals surface area contributed by atoms with Crippen molar-refractivity contribution < 1.29 is 9.90 Å². The quantitative estimate of drug-likeness (QED) is 0.476. The third-order valence-electron chi connectivity index (χ3n) is 4.32. The summed E-state index contributed by atoms with van der Waals surface area (Å²) in [6, 6.07) is 10.0. The number of carbonyl (C=O) groups excluding carboxylic acids is 1. The van der Waals surface area contributed by atoms with Crippen molar-refractivity contribution in [1.82, 2.24) is 0 Å². The Balaban J connectivity index is 2.28. The molecule has 2 nitrogen and oxygen atoms in total. The highest BCUT2D eigenvalue weighted by Gasteiger charge is 2.25. The molecule has 1 N–H and O–H groups in total. The van der Waals surface area contributed by atoms with Crippen molar-refractivity contribution in [2.24, 2.45) is 0 Å². The van der Waals surface area contributed by atoms with Crippen LogP contribution in [0.5, 0.6) is 0 Å². The molecule has 21 heavy (non-hydrogen) atoms.